The van der Waals surface area contributed by atoms with Crippen molar-refractivity contribution < 1.29 is 14.3 Å². The number of para-hydroxylation sites is 2. The molecule has 1 aromatic heterocycles. The number of nitrogens with one attached hydrogen (secondary N) is 1. The molecule has 0 aliphatic carbocycles. The third-order valence-electron chi connectivity index (χ3n) is 2.90. The summed E-state index contributed by atoms with van der Waals surface area (Å²) in [5.74, 6) is 1.03. The van der Waals surface area contributed by atoms with E-state index in [1.165, 1.54) is 12.4 Å². The van der Waals surface area contributed by atoms with Crippen molar-refractivity contribution in [3.05, 3.63) is 47.5 Å². The van der Waals surface area contributed by atoms with Crippen LogP contribution in [0.2, 0.25) is 5.15 Å². The Labute approximate surface area is 126 Å². The van der Waals surface area contributed by atoms with Gasteiger partial charge in [-0.3, -0.25) is 9.78 Å². The molecule has 1 aliphatic rings. The highest BCUT2D eigenvalue weighted by Gasteiger charge is 2.21. The third kappa shape index (κ3) is 3.22. The number of halogens is 1. The van der Waals surface area contributed by atoms with Gasteiger partial charge in [0.25, 0.3) is 5.91 Å². The largest absolute Gasteiger partial charge is 0.486 e. The maximum absolute atomic E-state index is 11.9. The SMILES string of the molecule is O=C(NCC1COc2ccccc2O1)c1cncc(Cl)n1. The van der Waals surface area contributed by atoms with Crippen LogP contribution in [0.15, 0.2) is 36.7 Å². The first-order valence-electron chi connectivity index (χ1n) is 6.36. The maximum atomic E-state index is 11.9. The minimum Gasteiger partial charge on any atom is -0.486 e. The molecule has 1 atom stereocenters. The Morgan fingerprint density at radius 2 is 2.14 bits per heavy atom. The average Bonchev–Trinajstić information content (AvgIpc) is 2.52. The highest BCUT2D eigenvalue weighted by atomic mass is 35.5. The molecule has 1 amide bonds. The molecule has 1 aromatic carbocycles. The summed E-state index contributed by atoms with van der Waals surface area (Å²) in [6, 6.07) is 7.41. The molecule has 3 rings (SSSR count). The fourth-order valence-corrected chi connectivity index (χ4v) is 2.06. The minimum absolute atomic E-state index is 0.166. The zero-order valence-electron chi connectivity index (χ0n) is 11.0. The van der Waals surface area contributed by atoms with Gasteiger partial charge in [-0.25, -0.2) is 4.98 Å². The fourth-order valence-electron chi connectivity index (χ4n) is 1.91. The summed E-state index contributed by atoms with van der Waals surface area (Å²) in [5.41, 5.74) is 0.166. The molecular weight excluding hydrogens is 294 g/mol. The second-order valence-electron chi connectivity index (χ2n) is 4.43. The number of fused-ring (bicyclic) bond motifs is 1. The summed E-state index contributed by atoms with van der Waals surface area (Å²) >= 11 is 5.70. The first kappa shape index (κ1) is 13.6. The topological polar surface area (TPSA) is 73.3 Å². The Morgan fingerprint density at radius 3 is 2.95 bits per heavy atom. The molecule has 0 spiro atoms. The third-order valence-corrected chi connectivity index (χ3v) is 3.08. The van der Waals surface area contributed by atoms with Crippen molar-refractivity contribution >= 4 is 17.5 Å². The maximum Gasteiger partial charge on any atom is 0.271 e. The van der Waals surface area contributed by atoms with Gasteiger partial charge in [0.05, 0.1) is 18.9 Å². The number of benzene rings is 1. The van der Waals surface area contributed by atoms with Crippen LogP contribution in [-0.2, 0) is 0 Å². The van der Waals surface area contributed by atoms with E-state index < -0.39 is 0 Å². The van der Waals surface area contributed by atoms with Crippen molar-refractivity contribution in [2.75, 3.05) is 13.2 Å². The first-order valence-corrected chi connectivity index (χ1v) is 6.74. The number of carbonyl (C=O) groups excluding carboxylic acids is 1. The Morgan fingerprint density at radius 1 is 1.33 bits per heavy atom. The molecule has 108 valence electrons. The van der Waals surface area contributed by atoms with Crippen molar-refractivity contribution in [3.8, 4) is 11.5 Å². The average molecular weight is 306 g/mol. The zero-order chi connectivity index (χ0) is 14.7. The molecular formula is C14H12ClN3O3. The molecule has 0 bridgehead atoms. The summed E-state index contributed by atoms with van der Waals surface area (Å²) in [6.45, 7) is 0.680. The molecule has 2 heterocycles. The smallest absolute Gasteiger partial charge is 0.271 e. The molecule has 1 N–H and O–H groups in total. The van der Waals surface area contributed by atoms with Gasteiger partial charge in [-0.15, -0.1) is 0 Å². The normalized spacial score (nSPS) is 16.3. The van der Waals surface area contributed by atoms with Gasteiger partial charge in [0.15, 0.2) is 11.5 Å². The number of hydrogen-bond donors (Lipinski definition) is 1. The second kappa shape index (κ2) is 5.97. The Balaban J connectivity index is 1.58. The summed E-state index contributed by atoms with van der Waals surface area (Å²) in [5, 5.41) is 2.90. The minimum atomic E-state index is -0.354. The summed E-state index contributed by atoms with van der Waals surface area (Å²) in [6.07, 6.45) is 2.47. The van der Waals surface area contributed by atoms with Crippen LogP contribution >= 0.6 is 11.6 Å². The molecule has 2 aromatic rings. The van der Waals surface area contributed by atoms with E-state index in [0.29, 0.717) is 24.7 Å². The summed E-state index contributed by atoms with van der Waals surface area (Å²) in [4.78, 5) is 19.6. The number of amides is 1. The second-order valence-corrected chi connectivity index (χ2v) is 4.82. The van der Waals surface area contributed by atoms with Crippen LogP contribution in [0.5, 0.6) is 11.5 Å². The number of nitrogens with zero attached hydrogens (tertiary/aromatic N) is 2. The molecule has 0 fully saturated rings. The van der Waals surface area contributed by atoms with Crippen molar-refractivity contribution in [2.45, 2.75) is 6.10 Å². The monoisotopic (exact) mass is 305 g/mol. The predicted molar refractivity (Wildman–Crippen MR) is 75.7 cm³/mol. The number of aromatic nitrogens is 2. The molecule has 21 heavy (non-hydrogen) atoms. The number of ether oxygens (including phenoxy) is 2. The van der Waals surface area contributed by atoms with Crippen LogP contribution in [0.3, 0.4) is 0 Å². The molecule has 0 saturated heterocycles. The number of carbonyl (C=O) groups is 1. The highest BCUT2D eigenvalue weighted by Crippen LogP contribution is 2.30. The number of rotatable bonds is 3. The van der Waals surface area contributed by atoms with Crippen molar-refractivity contribution in [1.82, 2.24) is 15.3 Å². The lowest BCUT2D eigenvalue weighted by Crippen LogP contribution is -2.41. The van der Waals surface area contributed by atoms with Crippen molar-refractivity contribution in [3.63, 3.8) is 0 Å². The van der Waals surface area contributed by atoms with Gasteiger partial charge in [0.2, 0.25) is 0 Å². The fraction of sp³-hybridized carbons (Fsp3) is 0.214. The number of hydrogen-bond acceptors (Lipinski definition) is 5. The molecule has 6 nitrogen and oxygen atoms in total. The van der Waals surface area contributed by atoms with Gasteiger partial charge in [-0.1, -0.05) is 23.7 Å². The van der Waals surface area contributed by atoms with Gasteiger partial charge in [0.1, 0.15) is 23.6 Å². The van der Waals surface area contributed by atoms with Crippen LogP contribution in [-0.4, -0.2) is 35.1 Å². The Hall–Kier alpha value is -2.34. The van der Waals surface area contributed by atoms with Gasteiger partial charge in [0, 0.05) is 0 Å². The molecule has 0 radical (unpaired) electrons. The van der Waals surface area contributed by atoms with Gasteiger partial charge >= 0.3 is 0 Å². The lowest BCUT2D eigenvalue weighted by atomic mass is 10.2. The first-order chi connectivity index (χ1) is 10.2. The van der Waals surface area contributed by atoms with E-state index >= 15 is 0 Å². The standard InChI is InChI=1S/C14H12ClN3O3/c15-13-7-16-6-10(18-13)14(19)17-5-9-8-20-11-3-1-2-4-12(11)21-9/h1-4,6-7,9H,5,8H2,(H,17,19). The Kier molecular flexibility index (Phi) is 3.87. The van der Waals surface area contributed by atoms with Crippen LogP contribution in [0.4, 0.5) is 0 Å². The van der Waals surface area contributed by atoms with E-state index in [-0.39, 0.29) is 22.9 Å². The van der Waals surface area contributed by atoms with E-state index in [1.807, 2.05) is 24.3 Å². The van der Waals surface area contributed by atoms with Crippen LogP contribution in [0.1, 0.15) is 10.5 Å². The Bertz CT molecular complexity index is 665. The van der Waals surface area contributed by atoms with E-state index in [2.05, 4.69) is 15.3 Å². The zero-order valence-corrected chi connectivity index (χ0v) is 11.7. The summed E-state index contributed by atoms with van der Waals surface area (Å²) < 4.78 is 11.3. The van der Waals surface area contributed by atoms with E-state index in [0.717, 1.165) is 0 Å². The van der Waals surface area contributed by atoms with E-state index in [4.69, 9.17) is 21.1 Å². The van der Waals surface area contributed by atoms with E-state index in [9.17, 15) is 4.79 Å². The van der Waals surface area contributed by atoms with Gasteiger partial charge in [-0.05, 0) is 12.1 Å². The van der Waals surface area contributed by atoms with Crippen LogP contribution < -0.4 is 14.8 Å². The lowest BCUT2D eigenvalue weighted by Gasteiger charge is -2.26. The lowest BCUT2D eigenvalue weighted by molar-refractivity contribution is 0.0786. The van der Waals surface area contributed by atoms with Gasteiger partial charge < -0.3 is 14.8 Å². The van der Waals surface area contributed by atoms with Crippen molar-refractivity contribution in [2.24, 2.45) is 0 Å². The molecule has 1 unspecified atom stereocenters. The van der Waals surface area contributed by atoms with Gasteiger partial charge in [-0.2, -0.15) is 0 Å². The van der Waals surface area contributed by atoms with Crippen LogP contribution in [0.25, 0.3) is 0 Å². The molecule has 7 heteroatoms. The molecule has 1 aliphatic heterocycles. The highest BCUT2D eigenvalue weighted by molar-refractivity contribution is 6.29. The van der Waals surface area contributed by atoms with Crippen LogP contribution in [0, 0.1) is 0 Å². The summed E-state index contributed by atoms with van der Waals surface area (Å²) in [7, 11) is 0. The quantitative estimate of drug-likeness (QED) is 0.934. The molecule has 0 saturated carbocycles. The van der Waals surface area contributed by atoms with Crippen molar-refractivity contribution in [1.29, 1.82) is 0 Å². The predicted octanol–water partition coefficient (Wildman–Crippen LogP) is 1.70. The van der Waals surface area contributed by atoms with E-state index in [1.54, 1.807) is 0 Å².